The van der Waals surface area contributed by atoms with Crippen molar-refractivity contribution in [2.24, 2.45) is 0 Å². The molecule has 0 spiro atoms. The minimum Gasteiger partial charge on any atom is -0.393 e. The van der Waals surface area contributed by atoms with Crippen LogP contribution in [0.5, 0.6) is 0 Å². The first-order chi connectivity index (χ1) is 10.9. The molecule has 1 aliphatic heterocycles. The molecule has 0 aromatic heterocycles. The molecule has 1 N–H and O–H groups in total. The van der Waals surface area contributed by atoms with Crippen LogP contribution in [-0.4, -0.2) is 51.1 Å². The summed E-state index contributed by atoms with van der Waals surface area (Å²) in [5, 5.41) is 11.3. The Balaban J connectivity index is 2.11. The van der Waals surface area contributed by atoms with Gasteiger partial charge in [0, 0.05) is 43.6 Å². The number of benzene rings is 2. The number of fused-ring (bicyclic) bond motifs is 1. The molecule has 3 rings (SSSR count). The molecule has 0 saturated carbocycles. The molecule has 0 atom stereocenters. The molecule has 0 aliphatic carbocycles. The summed E-state index contributed by atoms with van der Waals surface area (Å²) in [5.74, 6) is 0. The van der Waals surface area contributed by atoms with Gasteiger partial charge in [0.25, 0.3) is 0 Å². The number of anilines is 1. The minimum atomic E-state index is -3.55. The third-order valence-corrected chi connectivity index (χ3v) is 6.34. The van der Waals surface area contributed by atoms with Crippen molar-refractivity contribution >= 4 is 26.5 Å². The van der Waals surface area contributed by atoms with Crippen LogP contribution < -0.4 is 4.90 Å². The molecular formula is C17H22N2O3S. The Morgan fingerprint density at radius 2 is 1.65 bits per heavy atom. The number of nitrogens with zero attached hydrogens (tertiary/aromatic N) is 2. The van der Waals surface area contributed by atoms with Gasteiger partial charge < -0.3 is 10.0 Å². The molecule has 1 aliphatic rings. The van der Waals surface area contributed by atoms with Crippen molar-refractivity contribution < 1.29 is 13.5 Å². The molecule has 1 heterocycles. The highest BCUT2D eigenvalue weighted by Gasteiger charge is 2.30. The fourth-order valence-corrected chi connectivity index (χ4v) is 4.78. The third-order valence-electron chi connectivity index (χ3n) is 4.38. The van der Waals surface area contributed by atoms with E-state index in [1.165, 1.54) is 4.31 Å². The Bertz CT molecular complexity index is 810. The molecule has 23 heavy (non-hydrogen) atoms. The number of rotatable bonds is 3. The van der Waals surface area contributed by atoms with Crippen molar-refractivity contribution in [3.8, 4) is 0 Å². The summed E-state index contributed by atoms with van der Waals surface area (Å²) in [6.07, 6.45) is 0.592. The van der Waals surface area contributed by atoms with Crippen LogP contribution in [0.25, 0.3) is 10.8 Å². The smallest absolute Gasteiger partial charge is 0.243 e. The Morgan fingerprint density at radius 3 is 2.30 bits per heavy atom. The summed E-state index contributed by atoms with van der Waals surface area (Å²) in [6.45, 7) is 0.737. The Kier molecular flexibility index (Phi) is 4.31. The Labute approximate surface area is 137 Å². The van der Waals surface area contributed by atoms with Crippen molar-refractivity contribution in [1.82, 2.24) is 4.31 Å². The molecule has 5 nitrogen and oxygen atoms in total. The van der Waals surface area contributed by atoms with Gasteiger partial charge in [0.05, 0.1) is 11.0 Å². The molecule has 0 amide bonds. The molecule has 0 radical (unpaired) electrons. The van der Waals surface area contributed by atoms with E-state index in [1.54, 1.807) is 12.1 Å². The van der Waals surface area contributed by atoms with Crippen LogP contribution >= 0.6 is 0 Å². The highest BCUT2D eigenvalue weighted by atomic mass is 32.2. The summed E-state index contributed by atoms with van der Waals surface area (Å²) in [6, 6.07) is 11.1. The second-order valence-corrected chi connectivity index (χ2v) is 8.06. The number of aliphatic hydroxyl groups excluding tert-OH is 1. The van der Waals surface area contributed by atoms with Crippen LogP contribution in [-0.2, 0) is 10.0 Å². The maximum absolute atomic E-state index is 13.0. The summed E-state index contributed by atoms with van der Waals surface area (Å²) >= 11 is 0. The van der Waals surface area contributed by atoms with Crippen molar-refractivity contribution in [2.75, 3.05) is 32.1 Å². The summed E-state index contributed by atoms with van der Waals surface area (Å²) in [5.41, 5.74) is 0.994. The molecule has 1 saturated heterocycles. The van der Waals surface area contributed by atoms with Gasteiger partial charge in [-0.1, -0.05) is 24.3 Å². The quantitative estimate of drug-likeness (QED) is 0.933. The first-order valence-corrected chi connectivity index (χ1v) is 9.22. The lowest BCUT2D eigenvalue weighted by Crippen LogP contribution is -2.40. The lowest BCUT2D eigenvalue weighted by atomic mass is 10.1. The lowest BCUT2D eigenvalue weighted by Gasteiger charge is -2.29. The average molecular weight is 334 g/mol. The number of aliphatic hydroxyl groups is 1. The van der Waals surface area contributed by atoms with Gasteiger partial charge in [-0.15, -0.1) is 0 Å². The largest absolute Gasteiger partial charge is 0.393 e. The predicted molar refractivity (Wildman–Crippen MR) is 92.3 cm³/mol. The van der Waals surface area contributed by atoms with Gasteiger partial charge >= 0.3 is 0 Å². The molecule has 0 bridgehead atoms. The second-order valence-electron chi connectivity index (χ2n) is 6.16. The van der Waals surface area contributed by atoms with Crippen molar-refractivity contribution in [1.29, 1.82) is 0 Å². The van der Waals surface area contributed by atoms with E-state index in [4.69, 9.17) is 0 Å². The standard InChI is InChI=1S/C17H22N2O3S/c1-18(2)16-7-3-6-15-14(16)5-4-8-17(15)23(21,22)19-11-9-13(20)10-12-19/h3-8,13,20H,9-12H2,1-2H3. The van der Waals surface area contributed by atoms with Crippen molar-refractivity contribution in [3.63, 3.8) is 0 Å². The number of hydrogen-bond acceptors (Lipinski definition) is 4. The van der Waals surface area contributed by atoms with Gasteiger partial charge in [-0.05, 0) is 25.0 Å². The van der Waals surface area contributed by atoms with E-state index in [0.29, 0.717) is 30.8 Å². The molecular weight excluding hydrogens is 312 g/mol. The number of sulfonamides is 1. The van der Waals surface area contributed by atoms with Gasteiger partial charge in [0.1, 0.15) is 0 Å². The van der Waals surface area contributed by atoms with Gasteiger partial charge in [-0.3, -0.25) is 0 Å². The van der Waals surface area contributed by atoms with Crippen molar-refractivity contribution in [3.05, 3.63) is 36.4 Å². The van der Waals surface area contributed by atoms with E-state index < -0.39 is 16.1 Å². The lowest BCUT2D eigenvalue weighted by molar-refractivity contribution is 0.113. The maximum atomic E-state index is 13.0. The molecule has 124 valence electrons. The van der Waals surface area contributed by atoms with Crippen LogP contribution in [0.2, 0.25) is 0 Å². The summed E-state index contributed by atoms with van der Waals surface area (Å²) < 4.78 is 27.5. The first-order valence-electron chi connectivity index (χ1n) is 7.78. The predicted octanol–water partition coefficient (Wildman–Crippen LogP) is 2.05. The molecule has 1 fully saturated rings. The fraction of sp³-hybridized carbons (Fsp3) is 0.412. The minimum absolute atomic E-state index is 0.343. The van der Waals surface area contributed by atoms with Gasteiger partial charge in [0.15, 0.2) is 0 Å². The topological polar surface area (TPSA) is 60.9 Å². The zero-order valence-electron chi connectivity index (χ0n) is 13.4. The first kappa shape index (κ1) is 16.2. The molecule has 2 aromatic carbocycles. The van der Waals surface area contributed by atoms with Crippen molar-refractivity contribution in [2.45, 2.75) is 23.8 Å². The normalized spacial score (nSPS) is 17.5. The highest BCUT2D eigenvalue weighted by Crippen LogP contribution is 2.32. The molecule has 0 unspecified atom stereocenters. The van der Waals surface area contributed by atoms with E-state index in [1.807, 2.05) is 43.3 Å². The van der Waals surface area contributed by atoms with Crippen LogP contribution in [0.15, 0.2) is 41.3 Å². The average Bonchev–Trinajstić information content (AvgIpc) is 2.54. The summed E-state index contributed by atoms with van der Waals surface area (Å²) in [4.78, 5) is 2.32. The fourth-order valence-electron chi connectivity index (χ4n) is 3.10. The third kappa shape index (κ3) is 2.94. The number of piperidine rings is 1. The van der Waals surface area contributed by atoms with Crippen LogP contribution in [0.3, 0.4) is 0 Å². The van der Waals surface area contributed by atoms with E-state index >= 15 is 0 Å². The molecule has 6 heteroatoms. The second kappa shape index (κ2) is 6.11. The maximum Gasteiger partial charge on any atom is 0.243 e. The van der Waals surface area contributed by atoms with Gasteiger partial charge in [-0.2, -0.15) is 4.31 Å². The van der Waals surface area contributed by atoms with Gasteiger partial charge in [-0.25, -0.2) is 8.42 Å². The van der Waals surface area contributed by atoms with Crippen LogP contribution in [0.4, 0.5) is 5.69 Å². The Hall–Kier alpha value is -1.63. The van der Waals surface area contributed by atoms with Crippen LogP contribution in [0, 0.1) is 0 Å². The Morgan fingerprint density at radius 1 is 1.04 bits per heavy atom. The monoisotopic (exact) mass is 334 g/mol. The zero-order valence-corrected chi connectivity index (χ0v) is 14.3. The number of hydrogen-bond donors (Lipinski definition) is 1. The highest BCUT2D eigenvalue weighted by molar-refractivity contribution is 7.89. The SMILES string of the molecule is CN(C)c1cccc2c(S(=O)(=O)N3CCC(O)CC3)cccc12. The zero-order chi connectivity index (χ0) is 16.6. The van der Waals surface area contributed by atoms with E-state index in [9.17, 15) is 13.5 Å². The van der Waals surface area contributed by atoms with E-state index in [0.717, 1.165) is 16.5 Å². The van der Waals surface area contributed by atoms with Crippen LogP contribution in [0.1, 0.15) is 12.8 Å². The van der Waals surface area contributed by atoms with Gasteiger partial charge in [0.2, 0.25) is 10.0 Å². The summed E-state index contributed by atoms with van der Waals surface area (Å²) in [7, 11) is 0.342. The van der Waals surface area contributed by atoms with E-state index in [-0.39, 0.29) is 0 Å². The molecule has 2 aromatic rings. The van der Waals surface area contributed by atoms with E-state index in [2.05, 4.69) is 0 Å².